The number of nitrogens with one attached hydrogen (secondary N) is 1. The molecule has 0 bridgehead atoms. The van der Waals surface area contributed by atoms with Gasteiger partial charge >= 0.3 is 0 Å². The zero-order chi connectivity index (χ0) is 11.4. The van der Waals surface area contributed by atoms with Crippen molar-refractivity contribution >= 4 is 5.82 Å². The van der Waals surface area contributed by atoms with Crippen LogP contribution < -0.4 is 5.32 Å². The monoisotopic (exact) mass is 216 g/mol. The summed E-state index contributed by atoms with van der Waals surface area (Å²) in [5, 5.41) is 3.14. The molecule has 0 unspecified atom stereocenters. The molecule has 0 fully saturated rings. The van der Waals surface area contributed by atoms with Gasteiger partial charge in [0.25, 0.3) is 0 Å². The van der Waals surface area contributed by atoms with Crippen LogP contribution in [0.3, 0.4) is 0 Å². The van der Waals surface area contributed by atoms with Gasteiger partial charge in [-0.1, -0.05) is 18.2 Å². The summed E-state index contributed by atoms with van der Waals surface area (Å²) in [5.74, 6) is 0.589. The molecule has 0 radical (unpaired) electrons. The van der Waals surface area contributed by atoms with E-state index in [1.807, 2.05) is 25.1 Å². The van der Waals surface area contributed by atoms with Crippen LogP contribution in [0.4, 0.5) is 10.2 Å². The van der Waals surface area contributed by atoms with E-state index in [0.717, 1.165) is 16.9 Å². The van der Waals surface area contributed by atoms with Crippen molar-refractivity contribution in [2.45, 2.75) is 13.5 Å². The molecule has 0 spiro atoms. The van der Waals surface area contributed by atoms with Crippen LogP contribution in [0.5, 0.6) is 0 Å². The molecule has 1 aromatic carbocycles. The van der Waals surface area contributed by atoms with Crippen LogP contribution in [-0.4, -0.2) is 4.98 Å². The van der Waals surface area contributed by atoms with E-state index in [1.54, 1.807) is 12.3 Å². The second kappa shape index (κ2) is 4.75. The molecule has 1 N–H and O–H groups in total. The highest BCUT2D eigenvalue weighted by atomic mass is 19.1. The van der Waals surface area contributed by atoms with Crippen LogP contribution >= 0.6 is 0 Å². The van der Waals surface area contributed by atoms with Gasteiger partial charge in [0.2, 0.25) is 0 Å². The molecule has 0 atom stereocenters. The fourth-order valence-corrected chi connectivity index (χ4v) is 1.41. The summed E-state index contributed by atoms with van der Waals surface area (Å²) in [4.78, 5) is 4.21. The van der Waals surface area contributed by atoms with Gasteiger partial charge in [0.1, 0.15) is 11.6 Å². The summed E-state index contributed by atoms with van der Waals surface area (Å²) < 4.78 is 12.9. The zero-order valence-electron chi connectivity index (χ0n) is 9.07. The maximum Gasteiger partial charge on any atom is 0.126 e. The maximum absolute atomic E-state index is 12.9. The average Bonchev–Trinajstić information content (AvgIpc) is 2.28. The van der Waals surface area contributed by atoms with Crippen LogP contribution in [0.15, 0.2) is 42.6 Å². The van der Waals surface area contributed by atoms with Gasteiger partial charge in [-0.2, -0.15) is 0 Å². The second-order valence-corrected chi connectivity index (χ2v) is 3.70. The molecule has 0 aliphatic heterocycles. The Hall–Kier alpha value is -1.90. The molecular weight excluding hydrogens is 203 g/mol. The lowest BCUT2D eigenvalue weighted by Crippen LogP contribution is -2.01. The smallest absolute Gasteiger partial charge is 0.126 e. The Balaban J connectivity index is 1.99. The summed E-state index contributed by atoms with van der Waals surface area (Å²) in [5.41, 5.74) is 2.03. The maximum atomic E-state index is 12.9. The molecule has 0 amide bonds. The molecule has 0 saturated carbocycles. The third-order valence-corrected chi connectivity index (χ3v) is 2.27. The van der Waals surface area contributed by atoms with E-state index in [1.165, 1.54) is 12.1 Å². The van der Waals surface area contributed by atoms with Gasteiger partial charge in [0.05, 0.1) is 0 Å². The number of hydrogen-bond donors (Lipinski definition) is 1. The van der Waals surface area contributed by atoms with Crippen LogP contribution in [0.25, 0.3) is 0 Å². The third kappa shape index (κ3) is 2.79. The summed E-state index contributed by atoms with van der Waals surface area (Å²) in [6, 6.07) is 10.4. The number of halogens is 1. The van der Waals surface area contributed by atoms with Gasteiger partial charge in [-0.25, -0.2) is 9.37 Å². The van der Waals surface area contributed by atoms with E-state index >= 15 is 0 Å². The Morgan fingerprint density at radius 1 is 1.25 bits per heavy atom. The molecule has 16 heavy (non-hydrogen) atoms. The molecule has 2 nitrogen and oxygen atoms in total. The molecular formula is C13H13FN2. The number of anilines is 1. The molecule has 3 heteroatoms. The molecule has 2 aromatic rings. The van der Waals surface area contributed by atoms with E-state index in [-0.39, 0.29) is 5.82 Å². The van der Waals surface area contributed by atoms with Crippen molar-refractivity contribution in [3.63, 3.8) is 0 Å². The van der Waals surface area contributed by atoms with Gasteiger partial charge < -0.3 is 5.32 Å². The predicted molar refractivity (Wildman–Crippen MR) is 62.7 cm³/mol. The number of aromatic nitrogens is 1. The third-order valence-electron chi connectivity index (χ3n) is 2.27. The van der Waals surface area contributed by atoms with Crippen LogP contribution in [0, 0.1) is 12.7 Å². The average molecular weight is 216 g/mol. The summed E-state index contributed by atoms with van der Waals surface area (Å²) in [7, 11) is 0. The quantitative estimate of drug-likeness (QED) is 0.852. The molecule has 2 rings (SSSR count). The fourth-order valence-electron chi connectivity index (χ4n) is 1.41. The number of benzene rings is 1. The number of aryl methyl sites for hydroxylation is 1. The lowest BCUT2D eigenvalue weighted by Gasteiger charge is -2.05. The van der Waals surface area contributed by atoms with Gasteiger partial charge in [-0.3, -0.25) is 0 Å². The summed E-state index contributed by atoms with van der Waals surface area (Å²) in [6.45, 7) is 2.57. The standard InChI is InChI=1S/C13H13FN2/c1-10-5-6-13(15-8-10)16-9-11-3-2-4-12(14)7-11/h2-8H,9H2,1H3,(H,15,16). The first-order chi connectivity index (χ1) is 7.74. The first kappa shape index (κ1) is 10.6. The minimum Gasteiger partial charge on any atom is -0.366 e. The number of hydrogen-bond acceptors (Lipinski definition) is 2. The van der Waals surface area contributed by atoms with Crippen molar-refractivity contribution in [3.05, 3.63) is 59.5 Å². The largest absolute Gasteiger partial charge is 0.366 e. The van der Waals surface area contributed by atoms with E-state index < -0.39 is 0 Å². The van der Waals surface area contributed by atoms with Gasteiger partial charge in [-0.15, -0.1) is 0 Å². The van der Waals surface area contributed by atoms with E-state index in [0.29, 0.717) is 6.54 Å². The van der Waals surface area contributed by atoms with Gasteiger partial charge in [0.15, 0.2) is 0 Å². The van der Waals surface area contributed by atoms with E-state index in [2.05, 4.69) is 10.3 Å². The Morgan fingerprint density at radius 3 is 2.81 bits per heavy atom. The topological polar surface area (TPSA) is 24.9 Å². The normalized spacial score (nSPS) is 10.1. The SMILES string of the molecule is Cc1ccc(NCc2cccc(F)c2)nc1. The lowest BCUT2D eigenvalue weighted by atomic mass is 10.2. The van der Waals surface area contributed by atoms with Crippen molar-refractivity contribution in [2.75, 3.05) is 5.32 Å². The molecule has 0 aliphatic rings. The molecule has 0 saturated heterocycles. The van der Waals surface area contributed by atoms with Crippen molar-refractivity contribution < 1.29 is 4.39 Å². The number of rotatable bonds is 3. The van der Waals surface area contributed by atoms with Crippen LogP contribution in [0.2, 0.25) is 0 Å². The zero-order valence-corrected chi connectivity index (χ0v) is 9.07. The highest BCUT2D eigenvalue weighted by molar-refractivity contribution is 5.36. The Bertz CT molecular complexity index is 466. The number of nitrogens with zero attached hydrogens (tertiary/aromatic N) is 1. The molecule has 1 aromatic heterocycles. The lowest BCUT2D eigenvalue weighted by molar-refractivity contribution is 0.626. The predicted octanol–water partition coefficient (Wildman–Crippen LogP) is 3.14. The highest BCUT2D eigenvalue weighted by Gasteiger charge is 1.96. The molecule has 1 heterocycles. The van der Waals surface area contributed by atoms with Crippen molar-refractivity contribution in [1.29, 1.82) is 0 Å². The Kier molecular flexibility index (Phi) is 3.15. The van der Waals surface area contributed by atoms with Crippen LogP contribution in [-0.2, 0) is 6.54 Å². The Labute approximate surface area is 94.2 Å². The first-order valence-corrected chi connectivity index (χ1v) is 5.15. The summed E-state index contributed by atoms with van der Waals surface area (Å²) in [6.07, 6.45) is 1.80. The van der Waals surface area contributed by atoms with Gasteiger partial charge in [0, 0.05) is 12.7 Å². The molecule has 0 aliphatic carbocycles. The van der Waals surface area contributed by atoms with Crippen LogP contribution in [0.1, 0.15) is 11.1 Å². The first-order valence-electron chi connectivity index (χ1n) is 5.15. The fraction of sp³-hybridized carbons (Fsp3) is 0.154. The van der Waals surface area contributed by atoms with Gasteiger partial charge in [-0.05, 0) is 36.2 Å². The van der Waals surface area contributed by atoms with E-state index in [9.17, 15) is 4.39 Å². The second-order valence-electron chi connectivity index (χ2n) is 3.70. The minimum atomic E-state index is -0.212. The van der Waals surface area contributed by atoms with Crippen molar-refractivity contribution in [2.24, 2.45) is 0 Å². The van der Waals surface area contributed by atoms with E-state index in [4.69, 9.17) is 0 Å². The van der Waals surface area contributed by atoms with Crippen molar-refractivity contribution in [3.8, 4) is 0 Å². The minimum absolute atomic E-state index is 0.212. The number of pyridine rings is 1. The van der Waals surface area contributed by atoms with Crippen molar-refractivity contribution in [1.82, 2.24) is 4.98 Å². The molecule has 82 valence electrons. The highest BCUT2D eigenvalue weighted by Crippen LogP contribution is 2.08. The summed E-state index contributed by atoms with van der Waals surface area (Å²) >= 11 is 0. The Morgan fingerprint density at radius 2 is 2.12 bits per heavy atom.